The largest absolute Gasteiger partial charge is 0.457 e. The third-order valence-corrected chi connectivity index (χ3v) is 6.24. The number of carbonyl (C=O) groups is 1. The molecule has 0 bridgehead atoms. The molecule has 8 heteroatoms. The maximum absolute atomic E-state index is 12.7. The van der Waals surface area contributed by atoms with E-state index in [-0.39, 0.29) is 11.7 Å². The smallest absolute Gasteiger partial charge is 0.234 e. The summed E-state index contributed by atoms with van der Waals surface area (Å²) in [6.45, 7) is 2.04. The van der Waals surface area contributed by atoms with E-state index in [0.29, 0.717) is 22.4 Å². The summed E-state index contributed by atoms with van der Waals surface area (Å²) >= 11 is 1.33. The van der Waals surface area contributed by atoms with Gasteiger partial charge in [0, 0.05) is 29.3 Å². The SMILES string of the molecule is Cc1ccc(-n2c(SCC(=O)Nc3ccc(Oc4ccccc4)cc3)nnc2-c2ccncc2)cc1. The van der Waals surface area contributed by atoms with E-state index in [2.05, 4.69) is 20.5 Å². The Morgan fingerprint density at radius 3 is 2.28 bits per heavy atom. The lowest BCUT2D eigenvalue weighted by molar-refractivity contribution is -0.113. The van der Waals surface area contributed by atoms with Crippen molar-refractivity contribution in [3.8, 4) is 28.6 Å². The van der Waals surface area contributed by atoms with E-state index in [0.717, 1.165) is 22.6 Å². The predicted octanol–water partition coefficient (Wildman–Crippen LogP) is 6.16. The van der Waals surface area contributed by atoms with Crippen molar-refractivity contribution in [1.82, 2.24) is 19.7 Å². The Bertz CT molecular complexity index is 1440. The first-order valence-electron chi connectivity index (χ1n) is 11.3. The third-order valence-electron chi connectivity index (χ3n) is 5.31. The molecule has 7 nitrogen and oxygen atoms in total. The highest BCUT2D eigenvalue weighted by Crippen LogP contribution is 2.28. The van der Waals surface area contributed by atoms with Crippen LogP contribution in [0.25, 0.3) is 17.1 Å². The number of hydrogen-bond acceptors (Lipinski definition) is 6. The van der Waals surface area contributed by atoms with Gasteiger partial charge in [0.05, 0.1) is 5.75 Å². The van der Waals surface area contributed by atoms with Crippen LogP contribution in [0.5, 0.6) is 11.5 Å². The highest BCUT2D eigenvalue weighted by atomic mass is 32.2. The minimum atomic E-state index is -0.138. The highest BCUT2D eigenvalue weighted by molar-refractivity contribution is 7.99. The van der Waals surface area contributed by atoms with Gasteiger partial charge in [0.1, 0.15) is 11.5 Å². The van der Waals surface area contributed by atoms with E-state index >= 15 is 0 Å². The van der Waals surface area contributed by atoms with Crippen LogP contribution in [-0.4, -0.2) is 31.4 Å². The van der Waals surface area contributed by atoms with Crippen molar-refractivity contribution < 1.29 is 9.53 Å². The molecule has 2 heterocycles. The number of rotatable bonds is 8. The Hall–Kier alpha value is -4.43. The van der Waals surface area contributed by atoms with Crippen LogP contribution in [-0.2, 0) is 4.79 Å². The maximum Gasteiger partial charge on any atom is 0.234 e. The number of anilines is 1. The zero-order valence-electron chi connectivity index (χ0n) is 19.5. The maximum atomic E-state index is 12.7. The second kappa shape index (κ2) is 10.9. The summed E-state index contributed by atoms with van der Waals surface area (Å²) in [6.07, 6.45) is 3.44. The summed E-state index contributed by atoms with van der Waals surface area (Å²) in [5.41, 5.74) is 3.67. The van der Waals surface area contributed by atoms with Gasteiger partial charge in [-0.2, -0.15) is 0 Å². The minimum Gasteiger partial charge on any atom is -0.457 e. The van der Waals surface area contributed by atoms with Gasteiger partial charge in [-0.3, -0.25) is 14.3 Å². The van der Waals surface area contributed by atoms with Gasteiger partial charge in [-0.15, -0.1) is 10.2 Å². The molecule has 3 aromatic carbocycles. The molecular weight excluding hydrogens is 470 g/mol. The Morgan fingerprint density at radius 1 is 0.861 bits per heavy atom. The molecular formula is C28H23N5O2S. The van der Waals surface area contributed by atoms with E-state index in [1.807, 2.05) is 102 Å². The fourth-order valence-corrected chi connectivity index (χ4v) is 4.29. The average Bonchev–Trinajstić information content (AvgIpc) is 3.34. The monoisotopic (exact) mass is 493 g/mol. The van der Waals surface area contributed by atoms with Gasteiger partial charge < -0.3 is 10.1 Å². The summed E-state index contributed by atoms with van der Waals surface area (Å²) in [6, 6.07) is 28.7. The van der Waals surface area contributed by atoms with Crippen molar-refractivity contribution in [2.45, 2.75) is 12.1 Å². The van der Waals surface area contributed by atoms with Crippen LogP contribution in [0.1, 0.15) is 5.56 Å². The molecule has 36 heavy (non-hydrogen) atoms. The third kappa shape index (κ3) is 5.61. The molecule has 0 aliphatic carbocycles. The number of aromatic nitrogens is 4. The summed E-state index contributed by atoms with van der Waals surface area (Å²) in [5, 5.41) is 12.4. The Kier molecular flexibility index (Phi) is 7.05. The molecule has 0 atom stereocenters. The van der Waals surface area contributed by atoms with Gasteiger partial charge in [-0.25, -0.2) is 0 Å². The number of pyridine rings is 1. The zero-order valence-corrected chi connectivity index (χ0v) is 20.4. The topological polar surface area (TPSA) is 81.9 Å². The van der Waals surface area contributed by atoms with Gasteiger partial charge in [0.25, 0.3) is 0 Å². The number of aryl methyl sites for hydroxylation is 1. The molecule has 5 rings (SSSR count). The van der Waals surface area contributed by atoms with E-state index in [1.54, 1.807) is 12.4 Å². The molecule has 178 valence electrons. The molecule has 5 aromatic rings. The van der Waals surface area contributed by atoms with Gasteiger partial charge >= 0.3 is 0 Å². The molecule has 2 aromatic heterocycles. The Labute approximate surface area is 213 Å². The first-order valence-corrected chi connectivity index (χ1v) is 12.3. The number of carbonyl (C=O) groups excluding carboxylic acids is 1. The van der Waals surface area contributed by atoms with Crippen LogP contribution in [0.15, 0.2) is 109 Å². The number of nitrogens with one attached hydrogen (secondary N) is 1. The van der Waals surface area contributed by atoms with Gasteiger partial charge in [-0.1, -0.05) is 47.7 Å². The molecule has 0 fully saturated rings. The predicted molar refractivity (Wildman–Crippen MR) is 142 cm³/mol. The van der Waals surface area contributed by atoms with Gasteiger partial charge in [0.15, 0.2) is 11.0 Å². The number of ether oxygens (including phenoxy) is 1. The number of thioether (sulfide) groups is 1. The van der Waals surface area contributed by atoms with Crippen molar-refractivity contribution >= 4 is 23.4 Å². The van der Waals surface area contributed by atoms with Gasteiger partial charge in [-0.05, 0) is 67.6 Å². The van der Waals surface area contributed by atoms with Crippen molar-refractivity contribution in [2.75, 3.05) is 11.1 Å². The van der Waals surface area contributed by atoms with E-state index in [1.165, 1.54) is 11.8 Å². The van der Waals surface area contributed by atoms with Crippen LogP contribution < -0.4 is 10.1 Å². The number of para-hydroxylation sites is 1. The minimum absolute atomic E-state index is 0.138. The molecule has 0 aliphatic rings. The summed E-state index contributed by atoms with van der Waals surface area (Å²) in [4.78, 5) is 16.8. The highest BCUT2D eigenvalue weighted by Gasteiger charge is 2.17. The second-order valence-electron chi connectivity index (χ2n) is 7.99. The average molecular weight is 494 g/mol. The summed E-state index contributed by atoms with van der Waals surface area (Å²) in [5.74, 6) is 2.19. The van der Waals surface area contributed by atoms with Crippen LogP contribution in [0.4, 0.5) is 5.69 Å². The fraction of sp³-hybridized carbons (Fsp3) is 0.0714. The van der Waals surface area contributed by atoms with E-state index in [9.17, 15) is 4.79 Å². The number of benzene rings is 3. The van der Waals surface area contributed by atoms with E-state index < -0.39 is 0 Å². The number of nitrogens with zero attached hydrogens (tertiary/aromatic N) is 4. The van der Waals surface area contributed by atoms with Crippen LogP contribution in [0.3, 0.4) is 0 Å². The van der Waals surface area contributed by atoms with Gasteiger partial charge in [0.2, 0.25) is 5.91 Å². The van der Waals surface area contributed by atoms with Crippen LogP contribution in [0, 0.1) is 6.92 Å². The first kappa shape index (κ1) is 23.3. The molecule has 1 amide bonds. The molecule has 0 radical (unpaired) electrons. The molecule has 0 aliphatic heterocycles. The van der Waals surface area contributed by atoms with Crippen molar-refractivity contribution in [3.63, 3.8) is 0 Å². The van der Waals surface area contributed by atoms with Crippen LogP contribution in [0.2, 0.25) is 0 Å². The lowest BCUT2D eigenvalue weighted by Crippen LogP contribution is -2.14. The number of hydrogen-bond donors (Lipinski definition) is 1. The van der Waals surface area contributed by atoms with E-state index in [4.69, 9.17) is 4.74 Å². The summed E-state index contributed by atoms with van der Waals surface area (Å²) < 4.78 is 7.77. The molecule has 0 unspecified atom stereocenters. The Morgan fingerprint density at radius 2 is 1.56 bits per heavy atom. The Balaban J connectivity index is 1.28. The van der Waals surface area contributed by atoms with Crippen molar-refractivity contribution in [1.29, 1.82) is 0 Å². The molecule has 1 N–H and O–H groups in total. The fourth-order valence-electron chi connectivity index (χ4n) is 3.54. The number of amides is 1. The molecule has 0 saturated carbocycles. The lowest BCUT2D eigenvalue weighted by atomic mass is 10.2. The standard InChI is InChI=1S/C28H23N5O2S/c1-20-7-11-23(12-8-20)33-27(21-15-17-29-18-16-21)31-32-28(33)36-19-26(34)30-22-9-13-25(14-10-22)35-24-5-3-2-4-6-24/h2-18H,19H2,1H3,(H,30,34). The zero-order chi connectivity index (χ0) is 24.7. The van der Waals surface area contributed by atoms with Crippen molar-refractivity contribution in [3.05, 3.63) is 109 Å². The van der Waals surface area contributed by atoms with Crippen LogP contribution >= 0.6 is 11.8 Å². The molecule has 0 spiro atoms. The summed E-state index contributed by atoms with van der Waals surface area (Å²) in [7, 11) is 0. The van der Waals surface area contributed by atoms with Crippen molar-refractivity contribution in [2.24, 2.45) is 0 Å². The normalized spacial score (nSPS) is 10.7. The lowest BCUT2D eigenvalue weighted by Gasteiger charge is -2.11. The second-order valence-corrected chi connectivity index (χ2v) is 8.93. The quantitative estimate of drug-likeness (QED) is 0.261. The molecule has 0 saturated heterocycles. The first-order chi connectivity index (χ1) is 17.7.